The third-order valence-corrected chi connectivity index (χ3v) is 4.41. The van der Waals surface area contributed by atoms with Crippen LogP contribution in [0.4, 0.5) is 5.13 Å². The standard InChI is InChI=1S/C13H9ClN4O2S2/c14-6-3-1-5(2-4-6)7-8(10(15)21)12(19)20-11-9(7)22-13(17-11)18-16/h1-4H,16H2,(H2,15,21)(H,17,18). The van der Waals surface area contributed by atoms with E-state index in [0.29, 0.717) is 20.4 Å². The molecule has 22 heavy (non-hydrogen) atoms. The van der Waals surface area contributed by atoms with Crippen molar-refractivity contribution in [2.75, 3.05) is 5.43 Å². The van der Waals surface area contributed by atoms with E-state index in [1.165, 1.54) is 11.3 Å². The van der Waals surface area contributed by atoms with Gasteiger partial charge < -0.3 is 10.2 Å². The minimum atomic E-state index is -0.640. The van der Waals surface area contributed by atoms with Gasteiger partial charge in [0.05, 0.1) is 0 Å². The summed E-state index contributed by atoms with van der Waals surface area (Å²) in [6.45, 7) is 0. The van der Waals surface area contributed by atoms with Crippen molar-refractivity contribution in [1.82, 2.24) is 4.98 Å². The number of hydrogen-bond donors (Lipinski definition) is 3. The van der Waals surface area contributed by atoms with E-state index < -0.39 is 5.63 Å². The topological polar surface area (TPSA) is 107 Å². The normalized spacial score (nSPS) is 10.8. The van der Waals surface area contributed by atoms with Crippen LogP contribution in [0.2, 0.25) is 5.02 Å². The fourth-order valence-corrected chi connectivity index (χ4v) is 3.25. The van der Waals surface area contributed by atoms with Gasteiger partial charge in [0.2, 0.25) is 10.8 Å². The van der Waals surface area contributed by atoms with Crippen molar-refractivity contribution in [2.24, 2.45) is 11.6 Å². The van der Waals surface area contributed by atoms with Crippen molar-refractivity contribution < 1.29 is 4.42 Å². The molecular formula is C13H9ClN4O2S2. The molecule has 0 spiro atoms. The number of anilines is 1. The van der Waals surface area contributed by atoms with Gasteiger partial charge >= 0.3 is 5.63 Å². The number of benzene rings is 1. The van der Waals surface area contributed by atoms with E-state index in [-0.39, 0.29) is 16.3 Å². The van der Waals surface area contributed by atoms with Crippen molar-refractivity contribution in [3.63, 3.8) is 0 Å². The first-order valence-electron chi connectivity index (χ1n) is 6.01. The van der Waals surface area contributed by atoms with Gasteiger partial charge in [-0.2, -0.15) is 4.98 Å². The quantitative estimate of drug-likeness (QED) is 0.377. The second-order valence-corrected chi connectivity index (χ2v) is 6.18. The SMILES string of the molecule is NNc1nc2oc(=O)c(C(N)=S)c(-c3ccc(Cl)cc3)c2s1. The summed E-state index contributed by atoms with van der Waals surface area (Å²) in [5.74, 6) is 5.37. The van der Waals surface area contributed by atoms with Gasteiger partial charge in [0.15, 0.2) is 0 Å². The molecule has 0 unspecified atom stereocenters. The summed E-state index contributed by atoms with van der Waals surface area (Å²) in [6, 6.07) is 6.97. The number of halogens is 1. The van der Waals surface area contributed by atoms with Crippen molar-refractivity contribution >= 4 is 55.7 Å². The number of nitrogens with zero attached hydrogens (tertiary/aromatic N) is 1. The van der Waals surface area contributed by atoms with Crippen molar-refractivity contribution in [1.29, 1.82) is 0 Å². The van der Waals surface area contributed by atoms with E-state index in [0.717, 1.165) is 5.56 Å². The average Bonchev–Trinajstić information content (AvgIpc) is 2.89. The average molecular weight is 353 g/mol. The Morgan fingerprint density at radius 3 is 2.64 bits per heavy atom. The van der Waals surface area contributed by atoms with Gasteiger partial charge in [0.1, 0.15) is 15.3 Å². The molecule has 2 heterocycles. The molecule has 9 heteroatoms. The maximum absolute atomic E-state index is 12.2. The highest BCUT2D eigenvalue weighted by Crippen LogP contribution is 2.36. The molecule has 0 aliphatic carbocycles. The summed E-state index contributed by atoms with van der Waals surface area (Å²) < 4.78 is 5.80. The molecule has 0 amide bonds. The van der Waals surface area contributed by atoms with Gasteiger partial charge in [-0.1, -0.05) is 47.3 Å². The van der Waals surface area contributed by atoms with Crippen molar-refractivity contribution in [2.45, 2.75) is 0 Å². The number of nitrogen functional groups attached to an aromatic ring is 1. The fourth-order valence-electron chi connectivity index (χ4n) is 2.07. The zero-order valence-corrected chi connectivity index (χ0v) is 13.3. The Balaban J connectivity index is 2.44. The Labute approximate surface area is 138 Å². The Bertz CT molecular complexity index is 934. The second-order valence-electron chi connectivity index (χ2n) is 4.31. The molecular weight excluding hydrogens is 344 g/mol. The molecule has 5 N–H and O–H groups in total. The maximum atomic E-state index is 12.2. The molecule has 2 aromatic heterocycles. The number of hydrazine groups is 1. The minimum Gasteiger partial charge on any atom is -0.402 e. The lowest BCUT2D eigenvalue weighted by Crippen LogP contribution is -2.21. The first-order chi connectivity index (χ1) is 10.5. The molecule has 0 fully saturated rings. The second kappa shape index (κ2) is 5.65. The number of nitrogens with two attached hydrogens (primary N) is 2. The lowest BCUT2D eigenvalue weighted by molar-refractivity contribution is 0.551. The fraction of sp³-hybridized carbons (Fsp3) is 0. The number of nitrogens with one attached hydrogen (secondary N) is 1. The first kappa shape index (κ1) is 14.9. The molecule has 0 aliphatic heterocycles. The monoisotopic (exact) mass is 352 g/mol. The van der Waals surface area contributed by atoms with Crippen LogP contribution in [0, 0.1) is 0 Å². The summed E-state index contributed by atoms with van der Waals surface area (Å²) in [5.41, 5.74) is 9.10. The number of thiazole rings is 1. The van der Waals surface area contributed by atoms with Gasteiger partial charge in [0.25, 0.3) is 0 Å². The molecule has 3 aromatic rings. The molecule has 0 radical (unpaired) electrons. The highest BCUT2D eigenvalue weighted by Gasteiger charge is 2.21. The van der Waals surface area contributed by atoms with Gasteiger partial charge in [0, 0.05) is 10.6 Å². The lowest BCUT2D eigenvalue weighted by Gasteiger charge is -2.07. The van der Waals surface area contributed by atoms with Gasteiger partial charge in [-0.25, -0.2) is 10.6 Å². The van der Waals surface area contributed by atoms with Gasteiger partial charge in [-0.3, -0.25) is 5.43 Å². The first-order valence-corrected chi connectivity index (χ1v) is 7.61. The highest BCUT2D eigenvalue weighted by atomic mass is 35.5. The van der Waals surface area contributed by atoms with E-state index in [1.807, 2.05) is 0 Å². The zero-order valence-electron chi connectivity index (χ0n) is 10.9. The molecule has 0 bridgehead atoms. The van der Waals surface area contributed by atoms with Crippen molar-refractivity contribution in [3.8, 4) is 11.1 Å². The van der Waals surface area contributed by atoms with Crippen molar-refractivity contribution in [3.05, 3.63) is 45.3 Å². The molecule has 0 saturated carbocycles. The van der Waals surface area contributed by atoms with Crippen LogP contribution in [-0.4, -0.2) is 9.97 Å². The Hall–Kier alpha value is -2.00. The molecule has 0 aliphatic rings. The van der Waals surface area contributed by atoms with E-state index in [9.17, 15) is 4.79 Å². The number of hydrogen-bond acceptors (Lipinski definition) is 7. The summed E-state index contributed by atoms with van der Waals surface area (Å²) in [7, 11) is 0. The number of aromatic nitrogens is 1. The minimum absolute atomic E-state index is 0.0451. The third kappa shape index (κ3) is 2.46. The Morgan fingerprint density at radius 1 is 1.36 bits per heavy atom. The van der Waals surface area contributed by atoms with Crippen LogP contribution in [-0.2, 0) is 0 Å². The highest BCUT2D eigenvalue weighted by molar-refractivity contribution is 7.80. The maximum Gasteiger partial charge on any atom is 0.348 e. The van der Waals surface area contributed by atoms with Crippen LogP contribution in [0.5, 0.6) is 0 Å². The molecule has 1 aromatic carbocycles. The number of thiocarbonyl (C=S) groups is 1. The van der Waals surface area contributed by atoms with Crippen LogP contribution in [0.25, 0.3) is 21.5 Å². The van der Waals surface area contributed by atoms with Crippen LogP contribution in [0.1, 0.15) is 5.56 Å². The van der Waals surface area contributed by atoms with Crippen LogP contribution in [0.15, 0.2) is 33.5 Å². The summed E-state index contributed by atoms with van der Waals surface area (Å²) in [4.78, 5) is 16.2. The van der Waals surface area contributed by atoms with Gasteiger partial charge in [-0.15, -0.1) is 0 Å². The number of rotatable bonds is 3. The largest absolute Gasteiger partial charge is 0.402 e. The Morgan fingerprint density at radius 2 is 2.05 bits per heavy atom. The smallest absolute Gasteiger partial charge is 0.348 e. The van der Waals surface area contributed by atoms with Crippen LogP contribution >= 0.6 is 35.2 Å². The van der Waals surface area contributed by atoms with E-state index >= 15 is 0 Å². The predicted octanol–water partition coefficient (Wildman–Crippen LogP) is 2.49. The molecule has 6 nitrogen and oxygen atoms in total. The lowest BCUT2D eigenvalue weighted by atomic mass is 10.0. The van der Waals surface area contributed by atoms with Crippen LogP contribution < -0.4 is 22.6 Å². The summed E-state index contributed by atoms with van der Waals surface area (Å²) >= 11 is 12.1. The van der Waals surface area contributed by atoms with E-state index in [4.69, 9.17) is 39.8 Å². The Kier molecular flexibility index (Phi) is 3.83. The zero-order chi connectivity index (χ0) is 15.9. The number of fused-ring (bicyclic) bond motifs is 1. The summed E-state index contributed by atoms with van der Waals surface area (Å²) in [5, 5.41) is 0.988. The van der Waals surface area contributed by atoms with Crippen LogP contribution in [0.3, 0.4) is 0 Å². The van der Waals surface area contributed by atoms with E-state index in [2.05, 4.69) is 10.4 Å². The summed E-state index contributed by atoms with van der Waals surface area (Å²) in [6.07, 6.45) is 0. The molecule has 3 rings (SSSR count). The van der Waals surface area contributed by atoms with E-state index in [1.54, 1.807) is 24.3 Å². The predicted molar refractivity (Wildman–Crippen MR) is 92.3 cm³/mol. The molecule has 0 atom stereocenters. The molecule has 0 saturated heterocycles. The van der Waals surface area contributed by atoms with Gasteiger partial charge in [-0.05, 0) is 17.7 Å². The third-order valence-electron chi connectivity index (χ3n) is 2.97. The molecule has 112 valence electrons.